The van der Waals surface area contributed by atoms with Gasteiger partial charge >= 0.3 is 18.2 Å². The Hall–Kier alpha value is -3.96. The SMILES string of the molecule is CC(C)CC(c1ccc(-n2cc(C(F)(F)F)cn2)nc1)N(C(=O)OC(C)(C)C)c1ccc(C(=O)O)cn1. The number of carboxylic acid groups (broad SMARTS) is 1. The molecule has 3 rings (SSSR count). The maximum atomic E-state index is 13.4. The smallest absolute Gasteiger partial charge is 0.419 e. The van der Waals surface area contributed by atoms with Crippen LogP contribution < -0.4 is 4.90 Å². The summed E-state index contributed by atoms with van der Waals surface area (Å²) in [5, 5.41) is 13.0. The molecular weight excluding hydrogens is 491 g/mol. The van der Waals surface area contributed by atoms with Gasteiger partial charge in [0.1, 0.15) is 11.4 Å². The van der Waals surface area contributed by atoms with Gasteiger partial charge in [0, 0.05) is 18.6 Å². The van der Waals surface area contributed by atoms with E-state index in [0.29, 0.717) is 18.2 Å². The van der Waals surface area contributed by atoms with Crippen molar-refractivity contribution in [2.45, 2.75) is 58.9 Å². The molecule has 0 saturated heterocycles. The molecule has 3 heterocycles. The van der Waals surface area contributed by atoms with Crippen molar-refractivity contribution in [2.75, 3.05) is 4.90 Å². The number of halogens is 3. The molecule has 198 valence electrons. The van der Waals surface area contributed by atoms with Crippen LogP contribution in [0.4, 0.5) is 23.8 Å². The number of alkyl halides is 3. The summed E-state index contributed by atoms with van der Waals surface area (Å²) in [5.41, 5.74) is -1.19. The number of ether oxygens (including phenoxy) is 1. The van der Waals surface area contributed by atoms with Crippen molar-refractivity contribution >= 4 is 17.9 Å². The molecule has 1 amide bonds. The molecule has 0 radical (unpaired) electrons. The molecule has 0 aliphatic rings. The van der Waals surface area contributed by atoms with Gasteiger partial charge in [-0.25, -0.2) is 24.2 Å². The third-order valence-electron chi connectivity index (χ3n) is 5.14. The van der Waals surface area contributed by atoms with Crippen LogP contribution >= 0.6 is 0 Å². The molecule has 3 aromatic rings. The van der Waals surface area contributed by atoms with Gasteiger partial charge in [0.05, 0.1) is 23.4 Å². The summed E-state index contributed by atoms with van der Waals surface area (Å²) in [6, 6.07) is 5.29. The number of aromatic nitrogens is 4. The second-order valence-electron chi connectivity index (χ2n) is 9.83. The maximum Gasteiger partial charge on any atom is 0.419 e. The number of carbonyl (C=O) groups is 2. The molecule has 0 aromatic carbocycles. The average Bonchev–Trinajstić information content (AvgIpc) is 3.29. The van der Waals surface area contributed by atoms with Gasteiger partial charge < -0.3 is 9.84 Å². The molecule has 1 unspecified atom stereocenters. The fourth-order valence-corrected chi connectivity index (χ4v) is 3.51. The molecule has 0 bridgehead atoms. The fraction of sp³-hybridized carbons (Fsp3) is 0.400. The van der Waals surface area contributed by atoms with E-state index in [4.69, 9.17) is 4.74 Å². The molecular formula is C25H28F3N5O4. The zero-order chi connectivity index (χ0) is 27.5. The number of hydrogen-bond acceptors (Lipinski definition) is 6. The zero-order valence-electron chi connectivity index (χ0n) is 21.0. The van der Waals surface area contributed by atoms with E-state index >= 15 is 0 Å². The first-order valence-electron chi connectivity index (χ1n) is 11.5. The van der Waals surface area contributed by atoms with E-state index in [0.717, 1.165) is 17.1 Å². The lowest BCUT2D eigenvalue weighted by molar-refractivity contribution is -0.137. The van der Waals surface area contributed by atoms with Crippen LogP contribution in [0.15, 0.2) is 49.1 Å². The lowest BCUT2D eigenvalue weighted by Crippen LogP contribution is -2.40. The van der Waals surface area contributed by atoms with Crippen molar-refractivity contribution in [1.29, 1.82) is 0 Å². The predicted octanol–water partition coefficient (Wildman–Crippen LogP) is 5.91. The summed E-state index contributed by atoms with van der Waals surface area (Å²) in [6.07, 6.45) is -0.596. The summed E-state index contributed by atoms with van der Waals surface area (Å²) in [4.78, 5) is 34.5. The zero-order valence-corrected chi connectivity index (χ0v) is 21.0. The van der Waals surface area contributed by atoms with Crippen LogP contribution in [0.3, 0.4) is 0 Å². The van der Waals surface area contributed by atoms with Gasteiger partial charge in [-0.3, -0.25) is 4.90 Å². The van der Waals surface area contributed by atoms with Crippen molar-refractivity contribution in [2.24, 2.45) is 5.92 Å². The largest absolute Gasteiger partial charge is 0.478 e. The van der Waals surface area contributed by atoms with E-state index < -0.39 is 35.4 Å². The van der Waals surface area contributed by atoms with Crippen LogP contribution in [0.1, 0.15) is 68.6 Å². The Morgan fingerprint density at radius 1 is 1.05 bits per heavy atom. The summed E-state index contributed by atoms with van der Waals surface area (Å²) >= 11 is 0. The molecule has 0 spiro atoms. The Balaban J connectivity index is 2.04. The molecule has 0 aliphatic carbocycles. The number of anilines is 1. The number of rotatable bonds is 7. The molecule has 0 aliphatic heterocycles. The number of carbonyl (C=O) groups excluding carboxylic acids is 1. The normalized spacial score (nSPS) is 12.9. The van der Waals surface area contributed by atoms with Gasteiger partial charge in [0.2, 0.25) is 0 Å². The molecule has 1 atom stereocenters. The number of amides is 1. The maximum absolute atomic E-state index is 13.4. The van der Waals surface area contributed by atoms with Crippen molar-refractivity contribution in [1.82, 2.24) is 19.7 Å². The van der Waals surface area contributed by atoms with Crippen LogP contribution in [0.2, 0.25) is 0 Å². The van der Waals surface area contributed by atoms with Gasteiger partial charge in [-0.05, 0) is 56.9 Å². The number of pyridine rings is 2. The molecule has 9 nitrogen and oxygen atoms in total. The van der Waals surface area contributed by atoms with E-state index in [1.807, 2.05) is 13.8 Å². The number of aromatic carboxylic acids is 1. The van der Waals surface area contributed by atoms with E-state index in [1.165, 1.54) is 29.3 Å². The quantitative estimate of drug-likeness (QED) is 0.413. The van der Waals surface area contributed by atoms with E-state index in [2.05, 4.69) is 15.1 Å². The minimum atomic E-state index is -4.53. The van der Waals surface area contributed by atoms with Gasteiger partial charge in [-0.15, -0.1) is 0 Å². The number of nitrogens with zero attached hydrogens (tertiary/aromatic N) is 5. The van der Waals surface area contributed by atoms with Gasteiger partial charge in [-0.2, -0.15) is 18.3 Å². The molecule has 1 N–H and O–H groups in total. The standard InChI is InChI=1S/C25H28F3N5O4/c1-15(2)10-19(16-6-8-20(29-11-16)32-14-18(13-31-32)25(26,27)28)33(23(36)37-24(3,4)5)21-9-7-17(12-30-21)22(34)35/h6-9,11-15,19H,10H2,1-5H3,(H,34,35). The first-order chi connectivity index (χ1) is 17.2. The van der Waals surface area contributed by atoms with Crippen molar-refractivity contribution in [3.8, 4) is 5.82 Å². The predicted molar refractivity (Wildman–Crippen MR) is 128 cm³/mol. The van der Waals surface area contributed by atoms with Crippen molar-refractivity contribution in [3.63, 3.8) is 0 Å². The minimum absolute atomic E-state index is 0.0447. The molecule has 37 heavy (non-hydrogen) atoms. The lowest BCUT2D eigenvalue weighted by Gasteiger charge is -2.34. The van der Waals surface area contributed by atoms with Gasteiger partial charge in [0.15, 0.2) is 5.82 Å². The van der Waals surface area contributed by atoms with Gasteiger partial charge in [-0.1, -0.05) is 19.9 Å². The van der Waals surface area contributed by atoms with Crippen molar-refractivity contribution in [3.05, 3.63) is 65.7 Å². The Labute approximate surface area is 211 Å². The fourth-order valence-electron chi connectivity index (χ4n) is 3.51. The molecule has 3 aromatic heterocycles. The lowest BCUT2D eigenvalue weighted by atomic mass is 9.96. The van der Waals surface area contributed by atoms with E-state index in [1.54, 1.807) is 26.8 Å². The highest BCUT2D eigenvalue weighted by atomic mass is 19.4. The monoisotopic (exact) mass is 519 g/mol. The Morgan fingerprint density at radius 3 is 2.22 bits per heavy atom. The summed E-state index contributed by atoms with van der Waals surface area (Å²) < 4.78 is 45.5. The second-order valence-corrected chi connectivity index (χ2v) is 9.83. The molecule has 0 saturated carbocycles. The van der Waals surface area contributed by atoms with Crippen molar-refractivity contribution < 1.29 is 32.6 Å². The molecule has 12 heteroatoms. The summed E-state index contributed by atoms with van der Waals surface area (Å²) in [5.74, 6) is -0.715. The minimum Gasteiger partial charge on any atom is -0.478 e. The third kappa shape index (κ3) is 7.05. The van der Waals surface area contributed by atoms with Crippen LogP contribution in [0, 0.1) is 5.92 Å². The highest BCUT2D eigenvalue weighted by Gasteiger charge is 2.34. The second kappa shape index (κ2) is 10.6. The van der Waals surface area contributed by atoms with Gasteiger partial charge in [0.25, 0.3) is 0 Å². The third-order valence-corrected chi connectivity index (χ3v) is 5.14. The van der Waals surface area contributed by atoms with Crippen LogP contribution in [-0.4, -0.2) is 42.5 Å². The topological polar surface area (TPSA) is 110 Å². The first-order valence-corrected chi connectivity index (χ1v) is 11.5. The molecule has 0 fully saturated rings. The van der Waals surface area contributed by atoms with E-state index in [-0.39, 0.29) is 23.1 Å². The Kier molecular flexibility index (Phi) is 7.89. The first kappa shape index (κ1) is 27.6. The number of carboxylic acids is 1. The highest BCUT2D eigenvalue weighted by Crippen LogP contribution is 2.33. The van der Waals surface area contributed by atoms with E-state index in [9.17, 15) is 27.9 Å². The average molecular weight is 520 g/mol. The van der Waals surface area contributed by atoms with Crippen LogP contribution in [0.5, 0.6) is 0 Å². The number of hydrogen-bond donors (Lipinski definition) is 1. The Bertz CT molecular complexity index is 1230. The summed E-state index contributed by atoms with van der Waals surface area (Å²) in [7, 11) is 0. The Morgan fingerprint density at radius 2 is 1.76 bits per heavy atom. The van der Waals surface area contributed by atoms with Crippen LogP contribution in [-0.2, 0) is 10.9 Å². The highest BCUT2D eigenvalue weighted by molar-refractivity contribution is 5.90. The van der Waals surface area contributed by atoms with Crippen LogP contribution in [0.25, 0.3) is 5.82 Å². The summed E-state index contributed by atoms with van der Waals surface area (Å²) in [6.45, 7) is 9.09.